The van der Waals surface area contributed by atoms with E-state index in [1.807, 2.05) is 0 Å². The van der Waals surface area contributed by atoms with Crippen LogP contribution in [0.4, 0.5) is 20.4 Å². The van der Waals surface area contributed by atoms with Crippen LogP contribution >= 0.6 is 38.1 Å². The summed E-state index contributed by atoms with van der Waals surface area (Å²) in [4.78, 5) is 24.2. The summed E-state index contributed by atoms with van der Waals surface area (Å²) in [6, 6.07) is 0. The highest BCUT2D eigenvalue weighted by Gasteiger charge is 2.54. The van der Waals surface area contributed by atoms with Crippen molar-refractivity contribution in [3.05, 3.63) is 25.3 Å². The first-order valence-electron chi connectivity index (χ1n) is 12.7. The van der Waals surface area contributed by atoms with E-state index in [2.05, 4.69) is 54.4 Å². The number of imidazole rings is 2. The molecule has 2 bridgehead atoms. The van der Waals surface area contributed by atoms with Gasteiger partial charge < -0.3 is 20.9 Å². The summed E-state index contributed by atoms with van der Waals surface area (Å²) < 4.78 is 94.5. The van der Waals surface area contributed by atoms with E-state index < -0.39 is 76.0 Å². The van der Waals surface area contributed by atoms with Crippen molar-refractivity contribution < 1.29 is 45.5 Å². The fourth-order valence-electron chi connectivity index (χ4n) is 5.16. The van der Waals surface area contributed by atoms with Crippen LogP contribution in [-0.2, 0) is 36.7 Å². The molecule has 7 rings (SSSR count). The van der Waals surface area contributed by atoms with Crippen molar-refractivity contribution in [2.24, 2.45) is 0 Å². The van der Waals surface area contributed by atoms with E-state index in [1.54, 1.807) is 0 Å². The fourth-order valence-corrected chi connectivity index (χ4v) is 8.09. The van der Waals surface area contributed by atoms with Gasteiger partial charge in [-0.15, -0.1) is 0 Å². The summed E-state index contributed by atoms with van der Waals surface area (Å²) in [5.74, 6) is 0.0984. The van der Waals surface area contributed by atoms with Gasteiger partial charge in [0, 0.05) is 0 Å². The minimum atomic E-state index is -4.43. The van der Waals surface area contributed by atoms with Gasteiger partial charge in [0.05, 0.1) is 25.9 Å². The molecule has 18 nitrogen and oxygen atoms in total. The van der Waals surface area contributed by atoms with Crippen molar-refractivity contribution in [1.82, 2.24) is 39.0 Å². The zero-order valence-corrected chi connectivity index (χ0v) is 25.5. The van der Waals surface area contributed by atoms with Gasteiger partial charge in [0.15, 0.2) is 47.7 Å². The molecule has 7 heterocycles. The van der Waals surface area contributed by atoms with Crippen molar-refractivity contribution >= 4 is 72.1 Å². The summed E-state index contributed by atoms with van der Waals surface area (Å²) in [6.07, 6.45) is -8.18. The molecule has 0 saturated carbocycles. The third-order valence-electron chi connectivity index (χ3n) is 7.17. The van der Waals surface area contributed by atoms with Crippen LogP contribution in [0.3, 0.4) is 0 Å². The number of nitrogens with two attached hydrogens (primary N) is 2. The Morgan fingerprint density at radius 2 is 1.23 bits per heavy atom. The van der Waals surface area contributed by atoms with Gasteiger partial charge in [-0.2, -0.15) is 0 Å². The van der Waals surface area contributed by atoms with Gasteiger partial charge in [-0.1, -0.05) is 24.5 Å². The van der Waals surface area contributed by atoms with Crippen LogP contribution < -0.4 is 11.5 Å². The lowest BCUT2D eigenvalue weighted by Gasteiger charge is -2.26. The molecule has 3 aliphatic heterocycles. The minimum absolute atomic E-state index is 0.0478. The number of fused-ring (bicyclic) bond motifs is 5. The predicted molar refractivity (Wildman–Crippen MR) is 152 cm³/mol. The summed E-state index contributed by atoms with van der Waals surface area (Å²) in [5.41, 5.74) is 12.4. The van der Waals surface area contributed by atoms with Crippen LogP contribution in [0, 0.1) is 0 Å². The number of anilines is 2. The Morgan fingerprint density at radius 1 is 0.727 bits per heavy atom. The van der Waals surface area contributed by atoms with E-state index in [9.17, 15) is 9.13 Å². The lowest BCUT2D eigenvalue weighted by molar-refractivity contribution is -0.0563. The molecular formula is C20H22F2N10O8P2S2. The number of thiol groups is 2. The van der Waals surface area contributed by atoms with E-state index >= 15 is 8.78 Å². The highest BCUT2D eigenvalue weighted by Crippen LogP contribution is 2.60. The van der Waals surface area contributed by atoms with Crippen LogP contribution in [0.1, 0.15) is 12.5 Å². The third-order valence-corrected chi connectivity index (χ3v) is 10.4. The van der Waals surface area contributed by atoms with Crippen LogP contribution in [0.15, 0.2) is 25.3 Å². The van der Waals surface area contributed by atoms with Gasteiger partial charge >= 0.3 is 13.6 Å². The van der Waals surface area contributed by atoms with E-state index in [0.717, 1.165) is 6.33 Å². The maximum Gasteiger partial charge on any atom is 0.386 e. The first kappa shape index (κ1) is 30.2. The lowest BCUT2D eigenvalue weighted by atomic mass is 10.1. The molecule has 0 aliphatic carbocycles. The second kappa shape index (κ2) is 11.1. The molecule has 4 aromatic heterocycles. The summed E-state index contributed by atoms with van der Waals surface area (Å²) in [5, 5.41) is 0. The van der Waals surface area contributed by atoms with E-state index in [4.69, 9.17) is 39.0 Å². The van der Waals surface area contributed by atoms with Crippen molar-refractivity contribution in [2.45, 2.75) is 49.2 Å². The summed E-state index contributed by atoms with van der Waals surface area (Å²) in [7, 11) is 0. The highest BCUT2D eigenvalue weighted by molar-refractivity contribution is 8.44. The van der Waals surface area contributed by atoms with Crippen molar-refractivity contribution in [1.29, 1.82) is 0 Å². The average molecular weight is 695 g/mol. The van der Waals surface area contributed by atoms with E-state index in [-0.39, 0.29) is 34.0 Å². The van der Waals surface area contributed by atoms with Crippen LogP contribution in [-0.4, -0.2) is 89.0 Å². The normalized spacial score (nSPS) is 38.3. The smallest absolute Gasteiger partial charge is 0.382 e. The molecule has 0 amide bonds. The average Bonchev–Trinajstić information content (AvgIpc) is 3.73. The molecule has 0 unspecified atom stereocenters. The monoisotopic (exact) mass is 694 g/mol. The van der Waals surface area contributed by atoms with Crippen molar-refractivity contribution in [2.75, 3.05) is 24.7 Å². The Balaban J connectivity index is 1.20. The Bertz CT molecular complexity index is 1840. The number of nitrogens with zero attached hydrogens (tertiary/aromatic N) is 8. The molecule has 0 aromatic carbocycles. The first-order chi connectivity index (χ1) is 20.9. The first-order valence-corrected chi connectivity index (χ1v) is 18.1. The molecule has 0 spiro atoms. The number of halogens is 2. The molecule has 3 fully saturated rings. The Morgan fingerprint density at radius 3 is 1.82 bits per heavy atom. The molecule has 10 atom stereocenters. The molecule has 236 valence electrons. The maximum atomic E-state index is 16.0. The molecule has 24 heteroatoms. The van der Waals surface area contributed by atoms with Crippen molar-refractivity contribution in [3.63, 3.8) is 0 Å². The molecule has 3 saturated heterocycles. The van der Waals surface area contributed by atoms with Crippen LogP contribution in [0.25, 0.3) is 22.3 Å². The van der Waals surface area contributed by atoms with Crippen LogP contribution in [0.5, 0.6) is 0 Å². The predicted octanol–water partition coefficient (Wildman–Crippen LogP) is 2.19. The summed E-state index contributed by atoms with van der Waals surface area (Å²) >= 11 is 7.99. The Kier molecular flexibility index (Phi) is 7.59. The summed E-state index contributed by atoms with van der Waals surface area (Å²) in [6.45, 7) is -10.2. The second-order valence-corrected chi connectivity index (χ2v) is 15.6. The minimum Gasteiger partial charge on any atom is -0.382 e. The zero-order valence-electron chi connectivity index (χ0n) is 21.9. The number of hydrogen-bond acceptors (Lipinski definition) is 16. The zero-order chi connectivity index (χ0) is 31.0. The molecule has 4 N–H and O–H groups in total. The fraction of sp³-hybridized carbons (Fsp3) is 0.500. The molecule has 4 aromatic rings. The standard InChI is InChI=1S/C20H22F2N10O8P2S2/c21-9-7-1-35-41(33,43)39-13-8(38-19(10(13)22)31-5-29-11-15(23)25-3-27-17(11)31)2-36-42(34,44)40-14(9)20(37-7)32-6-30-12-16(24)26-4-28-18(12)32/h3-10,13-14,19-20H,1-2H2,(H,33,43)(H,34,44)(H2,23,25,27)(H2,24,26,28)/t7-,8-,9-,10-,13-,14-,19-,20-,41+,42-/m1/s1. The Labute approximate surface area is 255 Å². The lowest BCUT2D eigenvalue weighted by Crippen LogP contribution is -2.33. The highest BCUT2D eigenvalue weighted by atomic mass is 32.7. The molecule has 3 aliphatic rings. The number of alkyl halides is 2. The Hall–Kier alpha value is -2.52. The van der Waals surface area contributed by atoms with Gasteiger partial charge in [0.2, 0.25) is 0 Å². The van der Waals surface area contributed by atoms with Crippen LogP contribution in [0.2, 0.25) is 0 Å². The second-order valence-electron chi connectivity index (χ2n) is 9.85. The SMILES string of the molecule is Nc1ncnc2c1ncn2[C@@H]1O[C@@H]2CO[P@@](=O)(S)O[C@@H]3[C@H](F)[C@@H](CO[P@](=O)(S)O[C@H]2[C@H]1F)O[C@H]3n1cnc2c(N)ncnc21. The van der Waals surface area contributed by atoms with Gasteiger partial charge in [0.25, 0.3) is 0 Å². The number of hydrogen-bond donors (Lipinski definition) is 4. The maximum absolute atomic E-state index is 16.0. The molecule has 0 radical (unpaired) electrons. The van der Waals surface area contributed by atoms with Gasteiger partial charge in [-0.25, -0.2) is 47.8 Å². The van der Waals surface area contributed by atoms with E-state index in [0.29, 0.717) is 0 Å². The topological polar surface area (TPSA) is 229 Å². The number of ether oxygens (including phenoxy) is 2. The van der Waals surface area contributed by atoms with Gasteiger partial charge in [-0.3, -0.25) is 27.2 Å². The van der Waals surface area contributed by atoms with Gasteiger partial charge in [0.1, 0.15) is 48.1 Å². The van der Waals surface area contributed by atoms with Crippen molar-refractivity contribution in [3.8, 4) is 0 Å². The number of aromatic nitrogens is 8. The molecular weight excluding hydrogens is 672 g/mol. The largest absolute Gasteiger partial charge is 0.386 e. The quantitative estimate of drug-likeness (QED) is 0.174. The molecule has 44 heavy (non-hydrogen) atoms. The number of nitrogen functional groups attached to an aromatic ring is 2. The van der Waals surface area contributed by atoms with Gasteiger partial charge in [-0.05, 0) is 0 Å². The van der Waals surface area contributed by atoms with E-state index in [1.165, 1.54) is 28.1 Å². The number of rotatable bonds is 2. The third kappa shape index (κ3) is 5.25.